The zero-order valence-corrected chi connectivity index (χ0v) is 7.34. The number of alkyl halides is 2. The lowest BCUT2D eigenvalue weighted by Crippen LogP contribution is -2.38. The number of hydrogen-bond donors (Lipinski definition) is 1. The molecule has 0 aromatic rings. The van der Waals surface area contributed by atoms with Crippen LogP contribution in [-0.4, -0.2) is 37.5 Å². The van der Waals surface area contributed by atoms with E-state index in [4.69, 9.17) is 5.73 Å². The molecule has 0 aliphatic heterocycles. The summed E-state index contributed by atoms with van der Waals surface area (Å²) in [7, 11) is 1.69. The molecule has 0 radical (unpaired) electrons. The predicted molar refractivity (Wildman–Crippen MR) is 44.2 cm³/mol. The summed E-state index contributed by atoms with van der Waals surface area (Å²) in [6.07, 6.45) is 0.0919. The molecular formula is C8H16F2N2. The summed E-state index contributed by atoms with van der Waals surface area (Å²) in [5.74, 6) is 0.588. The van der Waals surface area contributed by atoms with Gasteiger partial charge in [-0.25, -0.2) is 8.78 Å². The summed E-state index contributed by atoms with van der Waals surface area (Å²) in [5, 5.41) is 0. The fourth-order valence-corrected chi connectivity index (χ4v) is 1.34. The zero-order chi connectivity index (χ0) is 9.14. The van der Waals surface area contributed by atoms with Gasteiger partial charge in [-0.3, -0.25) is 4.90 Å². The van der Waals surface area contributed by atoms with Crippen molar-refractivity contribution in [2.75, 3.05) is 20.1 Å². The molecule has 1 rings (SSSR count). The Balaban J connectivity index is 2.11. The van der Waals surface area contributed by atoms with Gasteiger partial charge in [-0.15, -0.1) is 0 Å². The average molecular weight is 178 g/mol. The summed E-state index contributed by atoms with van der Waals surface area (Å²) in [6, 6.07) is 0.0914. The second-order valence-electron chi connectivity index (χ2n) is 3.61. The summed E-state index contributed by atoms with van der Waals surface area (Å²) in [6.45, 7) is 0.426. The van der Waals surface area contributed by atoms with E-state index in [-0.39, 0.29) is 12.6 Å². The van der Waals surface area contributed by atoms with Crippen LogP contribution in [0.15, 0.2) is 0 Å². The van der Waals surface area contributed by atoms with Gasteiger partial charge in [0.2, 0.25) is 0 Å². The molecule has 0 aromatic heterocycles. The van der Waals surface area contributed by atoms with Gasteiger partial charge in [0.1, 0.15) is 0 Å². The van der Waals surface area contributed by atoms with Crippen LogP contribution >= 0.6 is 0 Å². The predicted octanol–water partition coefficient (Wildman–Crippen LogP) is 0.921. The van der Waals surface area contributed by atoms with Gasteiger partial charge in [0.25, 0.3) is 6.43 Å². The van der Waals surface area contributed by atoms with E-state index in [1.807, 2.05) is 0 Å². The Labute approximate surface area is 71.7 Å². The van der Waals surface area contributed by atoms with E-state index in [2.05, 4.69) is 0 Å². The van der Waals surface area contributed by atoms with Gasteiger partial charge < -0.3 is 5.73 Å². The highest BCUT2D eigenvalue weighted by atomic mass is 19.3. The average Bonchev–Trinajstić information content (AvgIpc) is 2.63. The third kappa shape index (κ3) is 3.45. The number of halogens is 2. The molecule has 0 saturated heterocycles. The third-order valence-electron chi connectivity index (χ3n) is 2.20. The molecule has 1 saturated carbocycles. The Bertz CT molecular complexity index is 137. The van der Waals surface area contributed by atoms with Crippen LogP contribution in [0.1, 0.15) is 12.8 Å². The van der Waals surface area contributed by atoms with Gasteiger partial charge in [0.15, 0.2) is 0 Å². The standard InChI is InChI=1S/C8H16F2N2/c1-12(5-8(9)10)4-7(11)6-2-3-6/h6-8H,2-5,11H2,1H3. The van der Waals surface area contributed by atoms with Crippen LogP contribution in [0.3, 0.4) is 0 Å². The van der Waals surface area contributed by atoms with Crippen LogP contribution in [0.5, 0.6) is 0 Å². The normalized spacial score (nSPS) is 20.5. The van der Waals surface area contributed by atoms with Crippen LogP contribution in [0, 0.1) is 5.92 Å². The van der Waals surface area contributed by atoms with Gasteiger partial charge >= 0.3 is 0 Å². The Morgan fingerprint density at radius 2 is 2.00 bits per heavy atom. The molecule has 0 heterocycles. The molecule has 0 spiro atoms. The first-order chi connectivity index (χ1) is 5.59. The lowest BCUT2D eigenvalue weighted by Gasteiger charge is -2.20. The van der Waals surface area contributed by atoms with Crippen molar-refractivity contribution >= 4 is 0 Å². The molecule has 2 N–H and O–H groups in total. The van der Waals surface area contributed by atoms with E-state index in [9.17, 15) is 8.78 Å². The Kier molecular flexibility index (Phi) is 3.40. The molecule has 0 amide bonds. The zero-order valence-electron chi connectivity index (χ0n) is 7.34. The van der Waals surface area contributed by atoms with E-state index in [1.165, 1.54) is 12.8 Å². The number of hydrogen-bond acceptors (Lipinski definition) is 2. The number of rotatable bonds is 5. The van der Waals surface area contributed by atoms with Crippen LogP contribution < -0.4 is 5.73 Å². The molecule has 1 aliphatic rings. The topological polar surface area (TPSA) is 29.3 Å². The minimum atomic E-state index is -2.25. The van der Waals surface area contributed by atoms with Crippen molar-refractivity contribution in [2.45, 2.75) is 25.3 Å². The van der Waals surface area contributed by atoms with Gasteiger partial charge in [-0.2, -0.15) is 0 Å². The van der Waals surface area contributed by atoms with Crippen LogP contribution in [0.2, 0.25) is 0 Å². The van der Waals surface area contributed by atoms with Crippen molar-refractivity contribution in [1.82, 2.24) is 4.90 Å². The Morgan fingerprint density at radius 1 is 1.42 bits per heavy atom. The van der Waals surface area contributed by atoms with Crippen molar-refractivity contribution < 1.29 is 8.78 Å². The fourth-order valence-electron chi connectivity index (χ4n) is 1.34. The number of likely N-dealkylation sites (N-methyl/N-ethyl adjacent to an activating group) is 1. The van der Waals surface area contributed by atoms with Crippen molar-refractivity contribution in [2.24, 2.45) is 11.7 Å². The summed E-state index contributed by atoms with van der Waals surface area (Å²) < 4.78 is 23.7. The molecule has 12 heavy (non-hydrogen) atoms. The second-order valence-corrected chi connectivity index (χ2v) is 3.61. The lowest BCUT2D eigenvalue weighted by atomic mass is 10.2. The van der Waals surface area contributed by atoms with Crippen molar-refractivity contribution in [3.8, 4) is 0 Å². The largest absolute Gasteiger partial charge is 0.326 e. The first-order valence-corrected chi connectivity index (χ1v) is 4.32. The van der Waals surface area contributed by atoms with E-state index in [0.717, 1.165) is 0 Å². The molecule has 1 atom stereocenters. The van der Waals surface area contributed by atoms with Gasteiger partial charge in [-0.1, -0.05) is 0 Å². The smallest absolute Gasteiger partial charge is 0.251 e. The summed E-state index contributed by atoms with van der Waals surface area (Å²) in [4.78, 5) is 1.60. The maximum atomic E-state index is 11.9. The van der Waals surface area contributed by atoms with E-state index < -0.39 is 6.43 Å². The highest BCUT2D eigenvalue weighted by Gasteiger charge is 2.29. The molecule has 0 bridgehead atoms. The Hall–Kier alpha value is -0.220. The van der Waals surface area contributed by atoms with Crippen LogP contribution in [0.25, 0.3) is 0 Å². The summed E-state index contributed by atoms with van der Waals surface area (Å²) in [5.41, 5.74) is 5.77. The quantitative estimate of drug-likeness (QED) is 0.678. The molecule has 4 heteroatoms. The SMILES string of the molecule is CN(CC(F)F)CC(N)C1CC1. The molecule has 0 aromatic carbocycles. The highest BCUT2D eigenvalue weighted by molar-refractivity contribution is 4.85. The summed E-state index contributed by atoms with van der Waals surface area (Å²) >= 11 is 0. The molecule has 1 aliphatic carbocycles. The van der Waals surface area contributed by atoms with Gasteiger partial charge in [-0.05, 0) is 25.8 Å². The number of nitrogens with zero attached hydrogens (tertiary/aromatic N) is 1. The minimum Gasteiger partial charge on any atom is -0.326 e. The minimum absolute atomic E-state index is 0.0914. The Morgan fingerprint density at radius 3 is 2.42 bits per heavy atom. The lowest BCUT2D eigenvalue weighted by molar-refractivity contribution is 0.0968. The maximum absolute atomic E-state index is 11.9. The fraction of sp³-hybridized carbons (Fsp3) is 1.00. The van der Waals surface area contributed by atoms with Crippen molar-refractivity contribution in [3.63, 3.8) is 0 Å². The molecule has 1 unspecified atom stereocenters. The molecule has 72 valence electrons. The first-order valence-electron chi connectivity index (χ1n) is 4.32. The van der Waals surface area contributed by atoms with Crippen LogP contribution in [-0.2, 0) is 0 Å². The number of nitrogens with two attached hydrogens (primary N) is 1. The highest BCUT2D eigenvalue weighted by Crippen LogP contribution is 2.31. The van der Waals surface area contributed by atoms with Crippen molar-refractivity contribution in [3.05, 3.63) is 0 Å². The van der Waals surface area contributed by atoms with Gasteiger partial charge in [0.05, 0.1) is 6.54 Å². The van der Waals surface area contributed by atoms with E-state index >= 15 is 0 Å². The third-order valence-corrected chi connectivity index (χ3v) is 2.20. The van der Waals surface area contributed by atoms with Crippen LogP contribution in [0.4, 0.5) is 8.78 Å². The monoisotopic (exact) mass is 178 g/mol. The van der Waals surface area contributed by atoms with Gasteiger partial charge in [0, 0.05) is 12.6 Å². The molecule has 1 fully saturated rings. The molecule has 2 nitrogen and oxygen atoms in total. The maximum Gasteiger partial charge on any atom is 0.251 e. The van der Waals surface area contributed by atoms with E-state index in [1.54, 1.807) is 11.9 Å². The molecular weight excluding hydrogens is 162 g/mol. The second kappa shape index (κ2) is 4.14. The van der Waals surface area contributed by atoms with Crippen molar-refractivity contribution in [1.29, 1.82) is 0 Å². The first kappa shape index (κ1) is 9.86. The van der Waals surface area contributed by atoms with E-state index in [0.29, 0.717) is 12.5 Å².